The van der Waals surface area contributed by atoms with Crippen molar-refractivity contribution in [3.8, 4) is 0 Å². The third kappa shape index (κ3) is 1.53. The summed E-state index contributed by atoms with van der Waals surface area (Å²) in [5.41, 5.74) is 2.68. The first kappa shape index (κ1) is 7.87. The molecule has 2 heteroatoms. The Labute approximate surface area is 73.4 Å². The summed E-state index contributed by atoms with van der Waals surface area (Å²) in [6, 6.07) is 2.84. The van der Waals surface area contributed by atoms with Gasteiger partial charge in [-0.25, -0.2) is 0 Å². The Morgan fingerprint density at radius 1 is 1.42 bits per heavy atom. The van der Waals surface area contributed by atoms with E-state index in [2.05, 4.69) is 29.5 Å². The van der Waals surface area contributed by atoms with Crippen molar-refractivity contribution in [2.24, 2.45) is 0 Å². The van der Waals surface area contributed by atoms with Crippen molar-refractivity contribution in [1.29, 1.82) is 0 Å². The third-order valence-electron chi connectivity index (χ3n) is 2.56. The second-order valence-corrected chi connectivity index (χ2v) is 3.62. The normalized spacial score (nSPS) is 24.2. The van der Waals surface area contributed by atoms with Gasteiger partial charge in [0.15, 0.2) is 0 Å². The van der Waals surface area contributed by atoms with Crippen LogP contribution in [0.1, 0.15) is 36.6 Å². The topological polar surface area (TPSA) is 27.8 Å². The van der Waals surface area contributed by atoms with Gasteiger partial charge in [0.05, 0.1) is 0 Å². The molecule has 0 amide bonds. The molecule has 2 heterocycles. The highest BCUT2D eigenvalue weighted by atomic mass is 14.9. The van der Waals surface area contributed by atoms with E-state index in [1.54, 1.807) is 0 Å². The number of hydrogen-bond donors (Lipinski definition) is 2. The highest BCUT2D eigenvalue weighted by molar-refractivity contribution is 5.19. The summed E-state index contributed by atoms with van der Waals surface area (Å²) in [5.74, 6) is 0. The lowest BCUT2D eigenvalue weighted by Crippen LogP contribution is -2.26. The zero-order valence-electron chi connectivity index (χ0n) is 7.56. The van der Waals surface area contributed by atoms with Crippen molar-refractivity contribution >= 4 is 0 Å². The summed E-state index contributed by atoms with van der Waals surface area (Å²) in [6.45, 7) is 3.28. The predicted molar refractivity (Wildman–Crippen MR) is 50.1 cm³/mol. The van der Waals surface area contributed by atoms with Crippen LogP contribution < -0.4 is 5.32 Å². The molecule has 2 nitrogen and oxygen atoms in total. The van der Waals surface area contributed by atoms with Crippen LogP contribution in [0.15, 0.2) is 12.3 Å². The second kappa shape index (κ2) is 3.31. The summed E-state index contributed by atoms with van der Waals surface area (Å²) in [4.78, 5) is 3.23. The van der Waals surface area contributed by atoms with Crippen LogP contribution in [0.25, 0.3) is 0 Å². The smallest absolute Gasteiger partial charge is 0.0335 e. The fraction of sp³-hybridized carbons (Fsp3) is 0.600. The lowest BCUT2D eigenvalue weighted by molar-refractivity contribution is 0.412. The molecule has 1 fully saturated rings. The van der Waals surface area contributed by atoms with Gasteiger partial charge in [0, 0.05) is 17.9 Å². The Morgan fingerprint density at radius 2 is 2.33 bits per heavy atom. The molecular formula is C10H16N2. The zero-order chi connectivity index (χ0) is 8.39. The molecule has 0 spiro atoms. The van der Waals surface area contributed by atoms with Crippen molar-refractivity contribution in [3.63, 3.8) is 0 Å². The molecule has 66 valence electrons. The summed E-state index contributed by atoms with van der Waals surface area (Å²) in [5, 5.41) is 3.53. The first-order chi connectivity index (χ1) is 5.86. The average molecular weight is 164 g/mol. The standard InChI is InChI=1S/C10H16N2/c1-8-6-9(7-12-8)10-4-2-3-5-11-10/h6-7,10-12H,2-5H2,1H3. The van der Waals surface area contributed by atoms with E-state index >= 15 is 0 Å². The second-order valence-electron chi connectivity index (χ2n) is 3.62. The molecule has 1 aliphatic rings. The molecule has 0 radical (unpaired) electrons. The van der Waals surface area contributed by atoms with Gasteiger partial charge in [0.1, 0.15) is 0 Å². The lowest BCUT2D eigenvalue weighted by Gasteiger charge is -2.22. The minimum Gasteiger partial charge on any atom is -0.365 e. The van der Waals surface area contributed by atoms with Gasteiger partial charge < -0.3 is 10.3 Å². The van der Waals surface area contributed by atoms with Gasteiger partial charge in [-0.15, -0.1) is 0 Å². The Bertz CT molecular complexity index is 246. The first-order valence-electron chi connectivity index (χ1n) is 4.74. The Morgan fingerprint density at radius 3 is 2.92 bits per heavy atom. The number of aromatic amines is 1. The van der Waals surface area contributed by atoms with E-state index in [4.69, 9.17) is 0 Å². The summed E-state index contributed by atoms with van der Waals surface area (Å²) < 4.78 is 0. The number of hydrogen-bond acceptors (Lipinski definition) is 1. The summed E-state index contributed by atoms with van der Waals surface area (Å²) >= 11 is 0. The summed E-state index contributed by atoms with van der Waals surface area (Å²) in [6.07, 6.45) is 6.11. The van der Waals surface area contributed by atoms with E-state index in [0.29, 0.717) is 6.04 Å². The van der Waals surface area contributed by atoms with Crippen molar-refractivity contribution in [1.82, 2.24) is 10.3 Å². The quantitative estimate of drug-likeness (QED) is 0.654. The van der Waals surface area contributed by atoms with E-state index in [1.165, 1.54) is 37.1 Å². The monoisotopic (exact) mass is 164 g/mol. The number of aromatic nitrogens is 1. The molecule has 12 heavy (non-hydrogen) atoms. The molecule has 1 atom stereocenters. The molecule has 2 N–H and O–H groups in total. The molecule has 1 aromatic rings. The van der Waals surface area contributed by atoms with Gasteiger partial charge in [-0.1, -0.05) is 6.42 Å². The first-order valence-corrected chi connectivity index (χ1v) is 4.74. The lowest BCUT2D eigenvalue weighted by atomic mass is 10.00. The molecular weight excluding hydrogens is 148 g/mol. The van der Waals surface area contributed by atoms with Gasteiger partial charge in [0.25, 0.3) is 0 Å². The maximum Gasteiger partial charge on any atom is 0.0335 e. The maximum atomic E-state index is 3.53. The maximum absolute atomic E-state index is 3.53. The fourth-order valence-corrected chi connectivity index (χ4v) is 1.87. The number of H-pyrrole nitrogens is 1. The van der Waals surface area contributed by atoms with Crippen LogP contribution in [0, 0.1) is 6.92 Å². The van der Waals surface area contributed by atoms with Gasteiger partial charge in [-0.2, -0.15) is 0 Å². The van der Waals surface area contributed by atoms with Crippen molar-refractivity contribution in [2.75, 3.05) is 6.54 Å². The highest BCUT2D eigenvalue weighted by Crippen LogP contribution is 2.22. The molecule has 0 saturated carbocycles. The van der Waals surface area contributed by atoms with Gasteiger partial charge in [0.2, 0.25) is 0 Å². The number of piperidine rings is 1. The summed E-state index contributed by atoms with van der Waals surface area (Å²) in [7, 11) is 0. The van der Waals surface area contributed by atoms with E-state index in [9.17, 15) is 0 Å². The van der Waals surface area contributed by atoms with Crippen molar-refractivity contribution in [2.45, 2.75) is 32.2 Å². The van der Waals surface area contributed by atoms with Crippen LogP contribution in [0.3, 0.4) is 0 Å². The van der Waals surface area contributed by atoms with Crippen LogP contribution in [0.2, 0.25) is 0 Å². The zero-order valence-corrected chi connectivity index (χ0v) is 7.56. The molecule has 2 rings (SSSR count). The number of rotatable bonds is 1. The molecule has 0 bridgehead atoms. The molecule has 0 aliphatic carbocycles. The Balaban J connectivity index is 2.08. The molecule has 1 aromatic heterocycles. The van der Waals surface area contributed by atoms with Gasteiger partial charge >= 0.3 is 0 Å². The van der Waals surface area contributed by atoms with Crippen molar-refractivity contribution < 1.29 is 0 Å². The van der Waals surface area contributed by atoms with Crippen LogP contribution in [-0.2, 0) is 0 Å². The van der Waals surface area contributed by atoms with E-state index in [-0.39, 0.29) is 0 Å². The molecule has 1 aliphatic heterocycles. The minimum atomic E-state index is 0.601. The van der Waals surface area contributed by atoms with Crippen molar-refractivity contribution in [3.05, 3.63) is 23.5 Å². The average Bonchev–Trinajstić information content (AvgIpc) is 2.54. The highest BCUT2D eigenvalue weighted by Gasteiger charge is 2.14. The van der Waals surface area contributed by atoms with E-state index in [1.807, 2.05) is 0 Å². The van der Waals surface area contributed by atoms with Gasteiger partial charge in [-0.3, -0.25) is 0 Å². The van der Waals surface area contributed by atoms with E-state index in [0.717, 1.165) is 0 Å². The van der Waals surface area contributed by atoms with Crippen LogP contribution in [-0.4, -0.2) is 11.5 Å². The Hall–Kier alpha value is -0.760. The molecule has 1 saturated heterocycles. The van der Waals surface area contributed by atoms with Crippen LogP contribution in [0.4, 0.5) is 0 Å². The number of nitrogens with one attached hydrogen (secondary N) is 2. The third-order valence-corrected chi connectivity index (χ3v) is 2.56. The minimum absolute atomic E-state index is 0.601. The fourth-order valence-electron chi connectivity index (χ4n) is 1.87. The SMILES string of the molecule is Cc1cc(C2CCCCN2)c[nH]1. The van der Waals surface area contributed by atoms with Crippen LogP contribution >= 0.6 is 0 Å². The molecule has 0 aromatic carbocycles. The Kier molecular flexibility index (Phi) is 2.17. The number of aryl methyl sites for hydroxylation is 1. The van der Waals surface area contributed by atoms with Gasteiger partial charge in [-0.05, 0) is 37.9 Å². The molecule has 1 unspecified atom stereocenters. The predicted octanol–water partition coefficient (Wildman–Crippen LogP) is 2.14. The van der Waals surface area contributed by atoms with E-state index < -0.39 is 0 Å². The van der Waals surface area contributed by atoms with Crippen LogP contribution in [0.5, 0.6) is 0 Å². The largest absolute Gasteiger partial charge is 0.365 e.